The predicted molar refractivity (Wildman–Crippen MR) is 90.5 cm³/mol. The van der Waals surface area contributed by atoms with Gasteiger partial charge in [0.05, 0.1) is 5.69 Å². The highest BCUT2D eigenvalue weighted by molar-refractivity contribution is 7.14. The Labute approximate surface area is 135 Å². The second-order valence-corrected chi connectivity index (χ2v) is 5.58. The maximum atomic E-state index is 11.6. The molecule has 5 nitrogen and oxygen atoms in total. The van der Waals surface area contributed by atoms with Crippen LogP contribution in [0.3, 0.4) is 0 Å². The molecule has 0 fully saturated rings. The summed E-state index contributed by atoms with van der Waals surface area (Å²) < 4.78 is 0. The standard InChI is InChI=1S/C17H12N2O3S/c20-15(8-9-16(21)22)19-17-18-14(10-23-17)13-7-3-5-11-4-1-2-6-12(11)13/h1-10H,(H,21,22)(H,18,19,20). The van der Waals surface area contributed by atoms with Gasteiger partial charge in [0, 0.05) is 23.1 Å². The summed E-state index contributed by atoms with van der Waals surface area (Å²) in [6.45, 7) is 0. The molecule has 0 radical (unpaired) electrons. The summed E-state index contributed by atoms with van der Waals surface area (Å²) in [6, 6.07) is 14.0. The molecule has 0 unspecified atom stereocenters. The van der Waals surface area contributed by atoms with Crippen LogP contribution in [0.1, 0.15) is 0 Å². The predicted octanol–water partition coefficient (Wildman–Crippen LogP) is 3.54. The van der Waals surface area contributed by atoms with Crippen LogP contribution in [0.25, 0.3) is 22.0 Å². The largest absolute Gasteiger partial charge is 0.478 e. The van der Waals surface area contributed by atoms with Crippen molar-refractivity contribution in [2.45, 2.75) is 0 Å². The number of nitrogens with one attached hydrogen (secondary N) is 1. The van der Waals surface area contributed by atoms with Crippen molar-refractivity contribution in [3.8, 4) is 11.3 Å². The average Bonchev–Trinajstić information content (AvgIpc) is 3.00. The van der Waals surface area contributed by atoms with E-state index in [0.29, 0.717) is 5.13 Å². The van der Waals surface area contributed by atoms with Gasteiger partial charge in [-0.05, 0) is 10.8 Å². The Hall–Kier alpha value is -2.99. The average molecular weight is 324 g/mol. The van der Waals surface area contributed by atoms with E-state index in [1.807, 2.05) is 47.8 Å². The number of nitrogens with zero attached hydrogens (tertiary/aromatic N) is 1. The molecular formula is C17H12N2O3S. The Morgan fingerprint density at radius 1 is 1.09 bits per heavy atom. The van der Waals surface area contributed by atoms with Crippen molar-refractivity contribution in [3.05, 3.63) is 60.0 Å². The number of rotatable bonds is 4. The third-order valence-electron chi connectivity index (χ3n) is 3.18. The van der Waals surface area contributed by atoms with Crippen LogP contribution < -0.4 is 5.32 Å². The molecule has 0 spiro atoms. The van der Waals surface area contributed by atoms with Gasteiger partial charge in [0.25, 0.3) is 0 Å². The number of carboxylic acid groups (broad SMARTS) is 1. The number of fused-ring (bicyclic) bond motifs is 1. The Bertz CT molecular complexity index is 910. The van der Waals surface area contributed by atoms with E-state index in [9.17, 15) is 9.59 Å². The molecule has 0 atom stereocenters. The lowest BCUT2D eigenvalue weighted by Crippen LogP contribution is -2.08. The van der Waals surface area contributed by atoms with Crippen molar-refractivity contribution in [1.82, 2.24) is 4.98 Å². The van der Waals surface area contributed by atoms with Crippen LogP contribution in [0, 0.1) is 0 Å². The second kappa shape index (κ2) is 6.41. The highest BCUT2D eigenvalue weighted by Crippen LogP contribution is 2.30. The number of benzene rings is 2. The minimum Gasteiger partial charge on any atom is -0.478 e. The first-order valence-corrected chi connectivity index (χ1v) is 7.67. The number of hydrogen-bond donors (Lipinski definition) is 2. The highest BCUT2D eigenvalue weighted by Gasteiger charge is 2.09. The van der Waals surface area contributed by atoms with Gasteiger partial charge < -0.3 is 5.11 Å². The number of thiazole rings is 1. The van der Waals surface area contributed by atoms with Crippen molar-refractivity contribution in [1.29, 1.82) is 0 Å². The van der Waals surface area contributed by atoms with E-state index in [1.165, 1.54) is 11.3 Å². The zero-order chi connectivity index (χ0) is 16.2. The second-order valence-electron chi connectivity index (χ2n) is 4.73. The van der Waals surface area contributed by atoms with Gasteiger partial charge in [0.2, 0.25) is 5.91 Å². The smallest absolute Gasteiger partial charge is 0.328 e. The monoisotopic (exact) mass is 324 g/mol. The zero-order valence-corrected chi connectivity index (χ0v) is 12.7. The lowest BCUT2D eigenvalue weighted by atomic mass is 10.0. The molecule has 0 aliphatic heterocycles. The molecule has 1 aromatic heterocycles. The number of aliphatic carboxylic acids is 1. The number of carbonyl (C=O) groups is 2. The van der Waals surface area contributed by atoms with E-state index in [1.54, 1.807) is 0 Å². The van der Waals surface area contributed by atoms with Gasteiger partial charge in [-0.2, -0.15) is 0 Å². The van der Waals surface area contributed by atoms with Gasteiger partial charge in [-0.25, -0.2) is 9.78 Å². The van der Waals surface area contributed by atoms with Gasteiger partial charge in [-0.1, -0.05) is 42.5 Å². The number of amides is 1. The third kappa shape index (κ3) is 3.44. The molecule has 0 aliphatic rings. The quantitative estimate of drug-likeness (QED) is 0.719. The zero-order valence-electron chi connectivity index (χ0n) is 11.9. The SMILES string of the molecule is O=C(O)C=CC(=O)Nc1nc(-c2cccc3ccccc23)cs1. The Morgan fingerprint density at radius 2 is 1.87 bits per heavy atom. The van der Waals surface area contributed by atoms with E-state index in [-0.39, 0.29) is 0 Å². The minimum atomic E-state index is -1.17. The Morgan fingerprint density at radius 3 is 2.70 bits per heavy atom. The molecule has 0 aliphatic carbocycles. The van der Waals surface area contributed by atoms with Crippen LogP contribution in [0.15, 0.2) is 60.0 Å². The molecule has 3 aromatic rings. The Balaban J connectivity index is 1.87. The van der Waals surface area contributed by atoms with Crippen molar-refractivity contribution in [2.24, 2.45) is 0 Å². The summed E-state index contributed by atoms with van der Waals surface area (Å²) in [7, 11) is 0. The maximum absolute atomic E-state index is 11.6. The lowest BCUT2D eigenvalue weighted by Gasteiger charge is -2.03. The van der Waals surface area contributed by atoms with Gasteiger partial charge in [0.1, 0.15) is 0 Å². The first kappa shape index (κ1) is 14.9. The van der Waals surface area contributed by atoms with Crippen LogP contribution in [-0.4, -0.2) is 22.0 Å². The number of anilines is 1. The van der Waals surface area contributed by atoms with Crippen molar-refractivity contribution in [3.63, 3.8) is 0 Å². The fourth-order valence-corrected chi connectivity index (χ4v) is 2.91. The summed E-state index contributed by atoms with van der Waals surface area (Å²) >= 11 is 1.29. The van der Waals surface area contributed by atoms with Gasteiger partial charge in [-0.3, -0.25) is 10.1 Å². The van der Waals surface area contributed by atoms with E-state index in [4.69, 9.17) is 5.11 Å². The van der Waals surface area contributed by atoms with Crippen LogP contribution in [0.2, 0.25) is 0 Å². The first-order chi connectivity index (χ1) is 11.1. The molecule has 1 heterocycles. The molecule has 6 heteroatoms. The molecule has 0 saturated carbocycles. The van der Waals surface area contributed by atoms with E-state index in [2.05, 4.69) is 10.3 Å². The van der Waals surface area contributed by atoms with Crippen molar-refractivity contribution < 1.29 is 14.7 Å². The summed E-state index contributed by atoms with van der Waals surface area (Å²) in [5.41, 5.74) is 1.75. The van der Waals surface area contributed by atoms with Gasteiger partial charge >= 0.3 is 5.97 Å². The minimum absolute atomic E-state index is 0.424. The van der Waals surface area contributed by atoms with E-state index >= 15 is 0 Å². The maximum Gasteiger partial charge on any atom is 0.328 e. The fourth-order valence-electron chi connectivity index (χ4n) is 2.20. The Kier molecular flexibility index (Phi) is 4.16. The highest BCUT2D eigenvalue weighted by atomic mass is 32.1. The molecule has 114 valence electrons. The van der Waals surface area contributed by atoms with Crippen molar-refractivity contribution >= 4 is 39.1 Å². The summed E-state index contributed by atoms with van der Waals surface area (Å²) in [6.07, 6.45) is 1.75. The van der Waals surface area contributed by atoms with Crippen LogP contribution in [0.4, 0.5) is 5.13 Å². The summed E-state index contributed by atoms with van der Waals surface area (Å²) in [5.74, 6) is -1.69. The van der Waals surface area contributed by atoms with E-state index in [0.717, 1.165) is 34.2 Å². The summed E-state index contributed by atoms with van der Waals surface area (Å²) in [4.78, 5) is 26.4. The fraction of sp³-hybridized carbons (Fsp3) is 0. The number of aromatic nitrogens is 1. The van der Waals surface area contributed by atoms with Gasteiger partial charge in [0.15, 0.2) is 5.13 Å². The molecule has 1 amide bonds. The molecule has 2 N–H and O–H groups in total. The molecule has 0 bridgehead atoms. The topological polar surface area (TPSA) is 79.3 Å². The van der Waals surface area contributed by atoms with Crippen LogP contribution in [0.5, 0.6) is 0 Å². The molecule has 3 rings (SSSR count). The summed E-state index contributed by atoms with van der Waals surface area (Å²) in [5, 5.41) is 15.5. The molecule has 2 aromatic carbocycles. The molecule has 23 heavy (non-hydrogen) atoms. The van der Waals surface area contributed by atoms with Crippen LogP contribution in [-0.2, 0) is 9.59 Å². The third-order valence-corrected chi connectivity index (χ3v) is 3.93. The van der Waals surface area contributed by atoms with Gasteiger partial charge in [-0.15, -0.1) is 11.3 Å². The van der Waals surface area contributed by atoms with Crippen LogP contribution >= 0.6 is 11.3 Å². The lowest BCUT2D eigenvalue weighted by molar-refractivity contribution is -0.131. The normalized spacial score (nSPS) is 11.0. The van der Waals surface area contributed by atoms with E-state index < -0.39 is 11.9 Å². The number of carboxylic acids is 1. The van der Waals surface area contributed by atoms with Crippen molar-refractivity contribution in [2.75, 3.05) is 5.32 Å². The number of carbonyl (C=O) groups excluding carboxylic acids is 1. The first-order valence-electron chi connectivity index (χ1n) is 6.79. The molecule has 0 saturated heterocycles. The number of hydrogen-bond acceptors (Lipinski definition) is 4. The molecular weight excluding hydrogens is 312 g/mol.